The van der Waals surface area contributed by atoms with Crippen molar-refractivity contribution in [2.24, 2.45) is 11.3 Å². The van der Waals surface area contributed by atoms with Crippen LogP contribution in [0.25, 0.3) is 0 Å². The van der Waals surface area contributed by atoms with E-state index in [-0.39, 0.29) is 23.1 Å². The summed E-state index contributed by atoms with van der Waals surface area (Å²) in [5, 5.41) is 3.05. The Bertz CT molecular complexity index is 640. The third-order valence-corrected chi connectivity index (χ3v) is 4.61. The van der Waals surface area contributed by atoms with Crippen LogP contribution in [0.15, 0.2) is 18.3 Å². The molecule has 1 N–H and O–H groups in total. The molecule has 1 aromatic rings. The van der Waals surface area contributed by atoms with Crippen molar-refractivity contribution < 1.29 is 14.0 Å². The van der Waals surface area contributed by atoms with Gasteiger partial charge in [0.2, 0.25) is 11.9 Å². The van der Waals surface area contributed by atoms with E-state index in [2.05, 4.69) is 29.0 Å². The minimum Gasteiger partial charge on any atom is -0.355 e. The number of piperidine rings is 1. The lowest BCUT2D eigenvalue weighted by atomic mass is 9.91. The van der Waals surface area contributed by atoms with E-state index < -0.39 is 5.95 Å². The number of hydrogen-bond acceptors (Lipinski definition) is 4. The third kappa shape index (κ3) is 5.76. The van der Waals surface area contributed by atoms with Crippen molar-refractivity contribution in [2.75, 3.05) is 40.3 Å². The lowest BCUT2D eigenvalue weighted by molar-refractivity contribution is -0.126. The molecule has 26 heavy (non-hydrogen) atoms. The molecule has 144 valence electrons. The second kappa shape index (κ2) is 8.58. The van der Waals surface area contributed by atoms with E-state index in [1.807, 2.05) is 14.1 Å². The summed E-state index contributed by atoms with van der Waals surface area (Å²) in [4.78, 5) is 32.1. The largest absolute Gasteiger partial charge is 0.355 e. The normalized spacial score (nSPS) is 16.0. The molecule has 1 saturated heterocycles. The first kappa shape index (κ1) is 20.3. The van der Waals surface area contributed by atoms with Crippen molar-refractivity contribution in [1.82, 2.24) is 20.1 Å². The number of likely N-dealkylation sites (tertiary alicyclic amines) is 1. The molecule has 1 fully saturated rings. The lowest BCUT2D eigenvalue weighted by Crippen LogP contribution is -2.46. The molecule has 0 aromatic carbocycles. The van der Waals surface area contributed by atoms with E-state index in [0.29, 0.717) is 38.0 Å². The predicted molar refractivity (Wildman–Crippen MR) is 98.2 cm³/mol. The molecule has 0 atom stereocenters. The van der Waals surface area contributed by atoms with Gasteiger partial charge in [0.05, 0.1) is 0 Å². The van der Waals surface area contributed by atoms with Gasteiger partial charge in [0, 0.05) is 49.9 Å². The van der Waals surface area contributed by atoms with E-state index in [0.717, 1.165) is 12.6 Å². The maximum absolute atomic E-state index is 13.2. The van der Waals surface area contributed by atoms with Crippen LogP contribution in [0, 0.1) is 17.3 Å². The van der Waals surface area contributed by atoms with Crippen LogP contribution in [0.4, 0.5) is 4.39 Å². The maximum atomic E-state index is 13.2. The number of nitrogens with one attached hydrogen (secondary N) is 1. The van der Waals surface area contributed by atoms with Crippen LogP contribution >= 0.6 is 0 Å². The SMILES string of the molecule is CN(C)CC(C)(C)CNC(=O)C1CCN(C(=O)c2ccnc(F)c2)CC1. The van der Waals surface area contributed by atoms with Gasteiger partial charge in [-0.1, -0.05) is 13.8 Å². The van der Waals surface area contributed by atoms with Gasteiger partial charge in [-0.25, -0.2) is 4.98 Å². The summed E-state index contributed by atoms with van der Waals surface area (Å²) in [6.45, 7) is 6.77. The van der Waals surface area contributed by atoms with Gasteiger partial charge in [-0.2, -0.15) is 4.39 Å². The zero-order valence-corrected chi connectivity index (χ0v) is 16.1. The first-order valence-corrected chi connectivity index (χ1v) is 9.01. The zero-order valence-electron chi connectivity index (χ0n) is 16.1. The fourth-order valence-electron chi connectivity index (χ4n) is 3.45. The van der Waals surface area contributed by atoms with E-state index in [1.165, 1.54) is 12.3 Å². The Balaban J connectivity index is 1.82. The molecule has 0 spiro atoms. The zero-order chi connectivity index (χ0) is 19.3. The average molecular weight is 364 g/mol. The molecule has 1 aromatic heterocycles. The quantitative estimate of drug-likeness (QED) is 0.782. The van der Waals surface area contributed by atoms with Gasteiger partial charge < -0.3 is 15.1 Å². The maximum Gasteiger partial charge on any atom is 0.254 e. The predicted octanol–water partition coefficient (Wildman–Crippen LogP) is 1.78. The second-order valence-electron chi connectivity index (χ2n) is 8.05. The molecule has 0 bridgehead atoms. The van der Waals surface area contributed by atoms with Crippen molar-refractivity contribution in [2.45, 2.75) is 26.7 Å². The van der Waals surface area contributed by atoms with Crippen LogP contribution in [0.1, 0.15) is 37.0 Å². The summed E-state index contributed by atoms with van der Waals surface area (Å²) in [7, 11) is 4.04. The number of amides is 2. The van der Waals surface area contributed by atoms with Gasteiger partial charge in [-0.05, 0) is 38.4 Å². The van der Waals surface area contributed by atoms with Gasteiger partial charge in [-0.3, -0.25) is 9.59 Å². The number of pyridine rings is 1. The average Bonchev–Trinajstić information content (AvgIpc) is 2.58. The topological polar surface area (TPSA) is 65.5 Å². The van der Waals surface area contributed by atoms with Gasteiger partial charge >= 0.3 is 0 Å². The summed E-state index contributed by atoms with van der Waals surface area (Å²) in [5.74, 6) is -0.898. The summed E-state index contributed by atoms with van der Waals surface area (Å²) in [6.07, 6.45) is 2.54. The van der Waals surface area contributed by atoms with Crippen LogP contribution in [-0.2, 0) is 4.79 Å². The van der Waals surface area contributed by atoms with Gasteiger partial charge in [0.15, 0.2) is 0 Å². The highest BCUT2D eigenvalue weighted by molar-refractivity contribution is 5.94. The minimum atomic E-state index is -0.662. The first-order valence-electron chi connectivity index (χ1n) is 9.01. The van der Waals surface area contributed by atoms with Crippen molar-refractivity contribution in [3.63, 3.8) is 0 Å². The van der Waals surface area contributed by atoms with Gasteiger partial charge in [-0.15, -0.1) is 0 Å². The number of halogens is 1. The number of rotatable bonds is 6. The standard InChI is InChI=1S/C19H29FN4O2/c1-19(2,13-23(3)4)12-22-17(25)14-6-9-24(10-7-14)18(26)15-5-8-21-16(20)11-15/h5,8,11,14H,6-7,9-10,12-13H2,1-4H3,(H,22,25). The number of nitrogens with zero attached hydrogens (tertiary/aromatic N) is 3. The highest BCUT2D eigenvalue weighted by Crippen LogP contribution is 2.20. The number of hydrogen-bond donors (Lipinski definition) is 1. The van der Waals surface area contributed by atoms with E-state index in [1.54, 1.807) is 4.90 Å². The smallest absolute Gasteiger partial charge is 0.254 e. The Kier molecular flexibility index (Phi) is 6.69. The molecule has 0 unspecified atom stereocenters. The fraction of sp³-hybridized carbons (Fsp3) is 0.632. The van der Waals surface area contributed by atoms with Crippen molar-refractivity contribution in [1.29, 1.82) is 0 Å². The summed E-state index contributed by atoms with van der Waals surface area (Å²) in [6, 6.07) is 2.66. The molecule has 2 rings (SSSR count). The molecule has 1 aliphatic heterocycles. The highest BCUT2D eigenvalue weighted by Gasteiger charge is 2.29. The summed E-state index contributed by atoms with van der Waals surface area (Å²) >= 11 is 0. The molecule has 7 heteroatoms. The molecule has 1 aliphatic rings. The third-order valence-electron chi connectivity index (χ3n) is 4.61. The molecular formula is C19H29FN4O2. The van der Waals surface area contributed by atoms with Gasteiger partial charge in [0.25, 0.3) is 5.91 Å². The van der Waals surface area contributed by atoms with Crippen LogP contribution in [0.3, 0.4) is 0 Å². The van der Waals surface area contributed by atoms with Crippen molar-refractivity contribution >= 4 is 11.8 Å². The number of aromatic nitrogens is 1. The van der Waals surface area contributed by atoms with Crippen LogP contribution in [0.2, 0.25) is 0 Å². The van der Waals surface area contributed by atoms with Crippen molar-refractivity contribution in [3.8, 4) is 0 Å². The molecule has 0 aliphatic carbocycles. The molecule has 2 heterocycles. The molecule has 0 saturated carbocycles. The Labute approximate surface area is 154 Å². The minimum absolute atomic E-state index is 0.00124. The van der Waals surface area contributed by atoms with Crippen LogP contribution in [0.5, 0.6) is 0 Å². The molecular weight excluding hydrogens is 335 g/mol. The molecule has 0 radical (unpaired) electrons. The second-order valence-corrected chi connectivity index (χ2v) is 8.05. The fourth-order valence-corrected chi connectivity index (χ4v) is 3.45. The number of carbonyl (C=O) groups excluding carboxylic acids is 2. The number of carbonyl (C=O) groups is 2. The lowest BCUT2D eigenvalue weighted by Gasteiger charge is -2.33. The Morgan fingerprint density at radius 3 is 2.58 bits per heavy atom. The molecule has 2 amide bonds. The Morgan fingerprint density at radius 1 is 1.35 bits per heavy atom. The van der Waals surface area contributed by atoms with Crippen LogP contribution < -0.4 is 5.32 Å². The monoisotopic (exact) mass is 364 g/mol. The summed E-state index contributed by atoms with van der Waals surface area (Å²) < 4.78 is 13.2. The van der Waals surface area contributed by atoms with E-state index >= 15 is 0 Å². The van der Waals surface area contributed by atoms with Crippen molar-refractivity contribution in [3.05, 3.63) is 29.8 Å². The summed E-state index contributed by atoms with van der Waals surface area (Å²) in [5.41, 5.74) is 0.298. The Morgan fingerprint density at radius 2 is 2.00 bits per heavy atom. The van der Waals surface area contributed by atoms with Crippen LogP contribution in [-0.4, -0.2) is 66.9 Å². The Hall–Kier alpha value is -2.02. The van der Waals surface area contributed by atoms with E-state index in [4.69, 9.17) is 0 Å². The van der Waals surface area contributed by atoms with Gasteiger partial charge in [0.1, 0.15) is 0 Å². The first-order chi connectivity index (χ1) is 12.2. The highest BCUT2D eigenvalue weighted by atomic mass is 19.1. The molecule has 6 nitrogen and oxygen atoms in total. The van der Waals surface area contributed by atoms with E-state index in [9.17, 15) is 14.0 Å².